The summed E-state index contributed by atoms with van der Waals surface area (Å²) in [5.74, 6) is 0. The Morgan fingerprint density at radius 1 is 1.19 bits per heavy atom. The van der Waals surface area contributed by atoms with Crippen molar-refractivity contribution in [1.82, 2.24) is 20.2 Å². The van der Waals surface area contributed by atoms with Crippen molar-refractivity contribution in [2.24, 2.45) is 0 Å². The van der Waals surface area contributed by atoms with Gasteiger partial charge in [-0.25, -0.2) is 4.79 Å². The van der Waals surface area contributed by atoms with E-state index in [4.69, 9.17) is 0 Å². The highest BCUT2D eigenvalue weighted by molar-refractivity contribution is 5.76. The molecule has 3 rings (SSSR count). The minimum absolute atomic E-state index is 0.0565. The normalized spacial score (nSPS) is 17.2. The summed E-state index contributed by atoms with van der Waals surface area (Å²) in [4.78, 5) is 22.9. The van der Waals surface area contributed by atoms with E-state index in [1.165, 1.54) is 18.3 Å². The molecule has 1 aromatic heterocycles. The van der Waals surface area contributed by atoms with Gasteiger partial charge in [-0.15, -0.1) is 0 Å². The predicted octanol–water partition coefficient (Wildman–Crippen LogP) is 3.56. The minimum atomic E-state index is -4.41. The summed E-state index contributed by atoms with van der Waals surface area (Å²) in [6, 6.07) is 3.94. The second-order valence-corrected chi connectivity index (χ2v) is 6.46. The Bertz CT molecular complexity index is 790. The third kappa shape index (κ3) is 3.63. The molecule has 2 amide bonds. The molecule has 5 nitrogen and oxygen atoms in total. The van der Waals surface area contributed by atoms with Gasteiger partial charge in [0.05, 0.1) is 17.0 Å². The van der Waals surface area contributed by atoms with E-state index in [9.17, 15) is 18.0 Å². The first-order valence-corrected chi connectivity index (χ1v) is 8.31. The molecular formula is C18H19F3N4O. The summed E-state index contributed by atoms with van der Waals surface area (Å²) in [5, 5.41) is 2.84. The van der Waals surface area contributed by atoms with E-state index in [1.54, 1.807) is 11.1 Å². The quantitative estimate of drug-likeness (QED) is 0.886. The van der Waals surface area contributed by atoms with Gasteiger partial charge >= 0.3 is 12.2 Å². The van der Waals surface area contributed by atoms with E-state index in [-0.39, 0.29) is 12.1 Å². The van der Waals surface area contributed by atoms with Crippen LogP contribution < -0.4 is 5.32 Å². The molecule has 138 valence electrons. The molecule has 1 atom stereocenters. The summed E-state index contributed by atoms with van der Waals surface area (Å²) < 4.78 is 38.6. The highest BCUT2D eigenvalue weighted by Crippen LogP contribution is 2.35. The molecule has 0 spiro atoms. The highest BCUT2D eigenvalue weighted by Gasteiger charge is 2.35. The lowest BCUT2D eigenvalue weighted by Gasteiger charge is -2.36. The Balaban J connectivity index is 2.02. The van der Waals surface area contributed by atoms with Gasteiger partial charge in [0.2, 0.25) is 0 Å². The van der Waals surface area contributed by atoms with Crippen LogP contribution in [-0.4, -0.2) is 33.5 Å². The Labute approximate surface area is 149 Å². The van der Waals surface area contributed by atoms with Crippen LogP contribution >= 0.6 is 0 Å². The van der Waals surface area contributed by atoms with Crippen LogP contribution in [0.1, 0.15) is 42.4 Å². The maximum absolute atomic E-state index is 12.9. The third-order valence-electron chi connectivity index (χ3n) is 4.19. The van der Waals surface area contributed by atoms with Crippen LogP contribution in [0.25, 0.3) is 0 Å². The van der Waals surface area contributed by atoms with Crippen molar-refractivity contribution in [2.45, 2.75) is 38.5 Å². The van der Waals surface area contributed by atoms with Crippen LogP contribution in [0, 0.1) is 0 Å². The predicted molar refractivity (Wildman–Crippen MR) is 89.4 cm³/mol. The van der Waals surface area contributed by atoms with Gasteiger partial charge in [0.1, 0.15) is 6.04 Å². The molecule has 0 saturated heterocycles. The van der Waals surface area contributed by atoms with Crippen LogP contribution in [0.2, 0.25) is 0 Å². The Hall–Kier alpha value is -2.64. The van der Waals surface area contributed by atoms with Crippen molar-refractivity contribution < 1.29 is 18.0 Å². The number of hydrogen-bond acceptors (Lipinski definition) is 3. The first-order chi connectivity index (χ1) is 12.3. The van der Waals surface area contributed by atoms with Crippen LogP contribution in [-0.2, 0) is 12.6 Å². The number of fused-ring (bicyclic) bond motifs is 1. The van der Waals surface area contributed by atoms with E-state index in [0.717, 1.165) is 17.8 Å². The van der Waals surface area contributed by atoms with Crippen LogP contribution in [0.5, 0.6) is 0 Å². The number of nitrogens with zero attached hydrogens (tertiary/aromatic N) is 3. The first kappa shape index (κ1) is 18.2. The van der Waals surface area contributed by atoms with E-state index in [2.05, 4.69) is 15.3 Å². The van der Waals surface area contributed by atoms with Gasteiger partial charge in [-0.2, -0.15) is 13.2 Å². The van der Waals surface area contributed by atoms with E-state index < -0.39 is 17.8 Å². The van der Waals surface area contributed by atoms with Crippen molar-refractivity contribution in [2.75, 3.05) is 6.54 Å². The lowest BCUT2D eigenvalue weighted by Crippen LogP contribution is -2.48. The molecule has 2 aromatic rings. The zero-order chi connectivity index (χ0) is 18.9. The number of amides is 2. The van der Waals surface area contributed by atoms with Gasteiger partial charge in [-0.05, 0) is 31.5 Å². The molecule has 1 aromatic carbocycles. The number of aromatic nitrogens is 2. The van der Waals surface area contributed by atoms with Crippen molar-refractivity contribution in [3.63, 3.8) is 0 Å². The number of nitrogens with one attached hydrogen (secondary N) is 1. The summed E-state index contributed by atoms with van der Waals surface area (Å²) in [5.41, 5.74) is 1.19. The standard InChI is InChI=1S/C18H19F3N4O/c1-11(2)24-17(26)25-10-7-14-15(23-9-8-22-14)16(25)12-3-5-13(6-4-12)18(19,20)21/h3-6,8-9,11,16H,7,10H2,1-2H3,(H,24,26)/t16-/m1/s1. The van der Waals surface area contributed by atoms with Crippen LogP contribution in [0.15, 0.2) is 36.7 Å². The van der Waals surface area contributed by atoms with Gasteiger partial charge < -0.3 is 10.2 Å². The Kier molecular flexibility index (Phi) is 4.84. The smallest absolute Gasteiger partial charge is 0.336 e. The average Bonchev–Trinajstić information content (AvgIpc) is 2.59. The Morgan fingerprint density at radius 3 is 2.46 bits per heavy atom. The zero-order valence-corrected chi connectivity index (χ0v) is 14.4. The lowest BCUT2D eigenvalue weighted by molar-refractivity contribution is -0.137. The topological polar surface area (TPSA) is 58.1 Å². The molecule has 0 saturated carbocycles. The monoisotopic (exact) mass is 364 g/mol. The minimum Gasteiger partial charge on any atom is -0.336 e. The number of benzene rings is 1. The van der Waals surface area contributed by atoms with E-state index in [1.807, 2.05) is 13.8 Å². The molecule has 1 aliphatic rings. The molecule has 8 heteroatoms. The molecule has 0 bridgehead atoms. The maximum atomic E-state index is 12.9. The number of hydrogen-bond donors (Lipinski definition) is 1. The van der Waals surface area contributed by atoms with Crippen molar-refractivity contribution in [3.8, 4) is 0 Å². The van der Waals surface area contributed by atoms with Gasteiger partial charge in [0, 0.05) is 31.4 Å². The maximum Gasteiger partial charge on any atom is 0.416 e. The number of carbonyl (C=O) groups is 1. The molecule has 0 unspecified atom stereocenters. The number of halogens is 3. The SMILES string of the molecule is CC(C)NC(=O)N1CCc2nccnc2[C@H]1c1ccc(C(F)(F)F)cc1. The largest absolute Gasteiger partial charge is 0.416 e. The molecule has 2 heterocycles. The van der Waals surface area contributed by atoms with Crippen molar-refractivity contribution in [1.29, 1.82) is 0 Å². The number of rotatable bonds is 2. The fraction of sp³-hybridized carbons (Fsp3) is 0.389. The first-order valence-electron chi connectivity index (χ1n) is 8.31. The van der Waals surface area contributed by atoms with E-state index in [0.29, 0.717) is 24.2 Å². The fourth-order valence-corrected chi connectivity index (χ4v) is 3.04. The molecule has 26 heavy (non-hydrogen) atoms. The summed E-state index contributed by atoms with van der Waals surface area (Å²) in [6.45, 7) is 4.11. The van der Waals surface area contributed by atoms with Gasteiger partial charge in [-0.1, -0.05) is 12.1 Å². The summed E-state index contributed by atoms with van der Waals surface area (Å²) in [6.07, 6.45) is -0.754. The second kappa shape index (κ2) is 6.93. The highest BCUT2D eigenvalue weighted by atomic mass is 19.4. The molecule has 1 aliphatic heterocycles. The molecule has 0 fully saturated rings. The molecule has 0 radical (unpaired) electrons. The fourth-order valence-electron chi connectivity index (χ4n) is 3.04. The number of urea groups is 1. The van der Waals surface area contributed by atoms with Crippen LogP contribution in [0.3, 0.4) is 0 Å². The van der Waals surface area contributed by atoms with Gasteiger partial charge in [-0.3, -0.25) is 9.97 Å². The average molecular weight is 364 g/mol. The van der Waals surface area contributed by atoms with E-state index >= 15 is 0 Å². The van der Waals surface area contributed by atoms with Gasteiger partial charge in [0.25, 0.3) is 0 Å². The zero-order valence-electron chi connectivity index (χ0n) is 14.4. The molecular weight excluding hydrogens is 345 g/mol. The summed E-state index contributed by atoms with van der Waals surface area (Å²) in [7, 11) is 0. The molecule has 0 aliphatic carbocycles. The summed E-state index contributed by atoms with van der Waals surface area (Å²) >= 11 is 0. The molecule has 1 N–H and O–H groups in total. The van der Waals surface area contributed by atoms with Gasteiger partial charge in [0.15, 0.2) is 0 Å². The van der Waals surface area contributed by atoms with Crippen LogP contribution in [0.4, 0.5) is 18.0 Å². The third-order valence-corrected chi connectivity index (χ3v) is 4.19. The van der Waals surface area contributed by atoms with Crippen molar-refractivity contribution in [3.05, 3.63) is 59.2 Å². The van der Waals surface area contributed by atoms with Crippen molar-refractivity contribution >= 4 is 6.03 Å². The Morgan fingerprint density at radius 2 is 1.85 bits per heavy atom. The second-order valence-electron chi connectivity index (χ2n) is 6.46. The number of alkyl halides is 3. The lowest BCUT2D eigenvalue weighted by atomic mass is 9.94. The number of carbonyl (C=O) groups excluding carboxylic acids is 1.